The second-order valence-electron chi connectivity index (χ2n) is 4.52. The van der Waals surface area contributed by atoms with E-state index in [1.54, 1.807) is 36.4 Å². The van der Waals surface area contributed by atoms with E-state index >= 15 is 0 Å². The summed E-state index contributed by atoms with van der Waals surface area (Å²) < 4.78 is 6.60. The number of ether oxygens (including phenoxy) is 1. The molecule has 0 aliphatic carbocycles. The van der Waals surface area contributed by atoms with Gasteiger partial charge in [-0.05, 0) is 37.3 Å². The first kappa shape index (κ1) is 14.3. The van der Waals surface area contributed by atoms with Crippen LogP contribution in [0.1, 0.15) is 6.92 Å². The highest BCUT2D eigenvalue weighted by Crippen LogP contribution is 2.17. The summed E-state index contributed by atoms with van der Waals surface area (Å²) in [6.07, 6.45) is 0. The predicted molar refractivity (Wildman–Crippen MR) is 84.1 cm³/mol. The van der Waals surface area contributed by atoms with Gasteiger partial charge in [-0.1, -0.05) is 11.6 Å². The molecule has 0 unspecified atom stereocenters. The highest BCUT2D eigenvalue weighted by molar-refractivity contribution is 6.30. The molecule has 0 saturated carbocycles. The number of benzene rings is 1. The predicted octanol–water partition coefficient (Wildman–Crippen LogP) is 2.13. The first-order valence-electron chi connectivity index (χ1n) is 6.65. The van der Waals surface area contributed by atoms with Gasteiger partial charge in [-0.15, -0.1) is 0 Å². The summed E-state index contributed by atoms with van der Waals surface area (Å²) in [5.41, 5.74) is -0.156. The highest BCUT2D eigenvalue weighted by atomic mass is 35.5. The third-order valence-corrected chi connectivity index (χ3v) is 3.34. The molecular weight excluding hydrogens is 306 g/mol. The molecule has 0 radical (unpaired) electrons. The number of nitrogens with zero attached hydrogens (tertiary/aromatic N) is 2. The quantitative estimate of drug-likeness (QED) is 0.751. The van der Waals surface area contributed by atoms with Crippen LogP contribution in [0.3, 0.4) is 0 Å². The SMILES string of the molecule is CCOc1ccc2[nH]c(=O)c(=O)n(-c3ccc(Cl)cc3)c2n1. The number of nitrogens with one attached hydrogen (secondary N) is 1. The van der Waals surface area contributed by atoms with Crippen molar-refractivity contribution in [2.45, 2.75) is 6.92 Å². The molecule has 3 rings (SSSR count). The summed E-state index contributed by atoms with van der Waals surface area (Å²) in [6, 6.07) is 9.87. The second kappa shape index (κ2) is 5.65. The Morgan fingerprint density at radius 3 is 2.59 bits per heavy atom. The van der Waals surface area contributed by atoms with Gasteiger partial charge in [-0.2, -0.15) is 4.98 Å². The van der Waals surface area contributed by atoms with E-state index in [1.807, 2.05) is 6.92 Å². The third kappa shape index (κ3) is 2.48. The Bertz CT molecular complexity index is 945. The number of fused-ring (bicyclic) bond motifs is 1. The average molecular weight is 318 g/mol. The summed E-state index contributed by atoms with van der Waals surface area (Å²) in [4.78, 5) is 30.9. The summed E-state index contributed by atoms with van der Waals surface area (Å²) in [7, 11) is 0. The number of aromatic nitrogens is 3. The lowest BCUT2D eigenvalue weighted by Crippen LogP contribution is -2.35. The van der Waals surface area contributed by atoms with E-state index in [-0.39, 0.29) is 0 Å². The maximum Gasteiger partial charge on any atom is 0.322 e. The summed E-state index contributed by atoms with van der Waals surface area (Å²) in [5.74, 6) is 0.379. The smallest absolute Gasteiger partial charge is 0.322 e. The molecule has 3 aromatic rings. The zero-order valence-corrected chi connectivity index (χ0v) is 12.4. The van der Waals surface area contributed by atoms with Crippen molar-refractivity contribution in [3.63, 3.8) is 0 Å². The Morgan fingerprint density at radius 1 is 1.18 bits per heavy atom. The van der Waals surface area contributed by atoms with Gasteiger partial charge in [0.05, 0.1) is 17.8 Å². The van der Waals surface area contributed by atoms with Crippen LogP contribution < -0.4 is 15.9 Å². The Morgan fingerprint density at radius 2 is 1.91 bits per heavy atom. The van der Waals surface area contributed by atoms with Crippen molar-refractivity contribution in [3.05, 3.63) is 62.1 Å². The standard InChI is InChI=1S/C15H12ClN3O3/c1-2-22-12-8-7-11-13(18-12)19(15(21)14(20)17-11)10-5-3-9(16)4-6-10/h3-8H,2H2,1H3,(H,17,20). The lowest BCUT2D eigenvalue weighted by molar-refractivity contribution is 0.328. The van der Waals surface area contributed by atoms with Crippen LogP contribution >= 0.6 is 11.6 Å². The van der Waals surface area contributed by atoms with Gasteiger partial charge >= 0.3 is 11.1 Å². The maximum atomic E-state index is 12.2. The van der Waals surface area contributed by atoms with Gasteiger partial charge in [0.1, 0.15) is 0 Å². The molecule has 22 heavy (non-hydrogen) atoms. The van der Waals surface area contributed by atoms with Crippen LogP contribution in [0.5, 0.6) is 5.88 Å². The Kier molecular flexibility index (Phi) is 3.68. The number of hydrogen-bond donors (Lipinski definition) is 1. The molecule has 0 saturated heterocycles. The Hall–Kier alpha value is -2.60. The molecule has 2 aromatic heterocycles. The topological polar surface area (TPSA) is 77.0 Å². The first-order valence-corrected chi connectivity index (χ1v) is 7.03. The Balaban J connectivity index is 2.36. The molecule has 2 heterocycles. The van der Waals surface area contributed by atoms with Crippen LogP contribution in [0, 0.1) is 0 Å². The molecule has 0 bridgehead atoms. The molecule has 0 fully saturated rings. The van der Waals surface area contributed by atoms with Crippen molar-refractivity contribution >= 4 is 22.8 Å². The molecule has 0 atom stereocenters. The van der Waals surface area contributed by atoms with Gasteiger partial charge in [-0.3, -0.25) is 14.2 Å². The number of aromatic amines is 1. The van der Waals surface area contributed by atoms with Crippen molar-refractivity contribution in [2.75, 3.05) is 6.61 Å². The largest absolute Gasteiger partial charge is 0.478 e. The average Bonchev–Trinajstić information content (AvgIpc) is 2.51. The van der Waals surface area contributed by atoms with E-state index in [1.165, 1.54) is 4.57 Å². The normalized spacial score (nSPS) is 10.8. The first-order chi connectivity index (χ1) is 10.6. The fraction of sp³-hybridized carbons (Fsp3) is 0.133. The van der Waals surface area contributed by atoms with E-state index in [0.717, 1.165) is 0 Å². The lowest BCUT2D eigenvalue weighted by atomic mass is 10.3. The maximum absolute atomic E-state index is 12.2. The van der Waals surface area contributed by atoms with E-state index in [0.29, 0.717) is 34.4 Å². The number of halogens is 1. The van der Waals surface area contributed by atoms with E-state index in [2.05, 4.69) is 9.97 Å². The molecule has 0 spiro atoms. The van der Waals surface area contributed by atoms with Crippen LogP contribution in [0.2, 0.25) is 5.02 Å². The monoisotopic (exact) mass is 317 g/mol. The van der Waals surface area contributed by atoms with Crippen LogP contribution in [-0.4, -0.2) is 21.1 Å². The Labute approximate surface area is 130 Å². The number of H-pyrrole nitrogens is 1. The number of pyridine rings is 1. The number of hydrogen-bond acceptors (Lipinski definition) is 4. The van der Waals surface area contributed by atoms with E-state index < -0.39 is 11.1 Å². The van der Waals surface area contributed by atoms with Gasteiger partial charge in [0.25, 0.3) is 0 Å². The van der Waals surface area contributed by atoms with E-state index in [4.69, 9.17) is 16.3 Å². The van der Waals surface area contributed by atoms with Gasteiger partial charge in [-0.25, -0.2) is 0 Å². The van der Waals surface area contributed by atoms with Gasteiger partial charge in [0.15, 0.2) is 5.65 Å². The molecule has 112 valence electrons. The molecule has 0 amide bonds. The fourth-order valence-electron chi connectivity index (χ4n) is 2.13. The summed E-state index contributed by atoms with van der Waals surface area (Å²) in [6.45, 7) is 2.29. The minimum atomic E-state index is -0.714. The highest BCUT2D eigenvalue weighted by Gasteiger charge is 2.12. The summed E-state index contributed by atoms with van der Waals surface area (Å²) >= 11 is 5.86. The van der Waals surface area contributed by atoms with Crippen molar-refractivity contribution in [3.8, 4) is 11.6 Å². The molecule has 0 aliphatic rings. The molecule has 1 N–H and O–H groups in total. The molecule has 6 nitrogen and oxygen atoms in total. The van der Waals surface area contributed by atoms with Gasteiger partial charge < -0.3 is 9.72 Å². The molecular formula is C15H12ClN3O3. The van der Waals surface area contributed by atoms with Crippen LogP contribution in [0.25, 0.3) is 16.9 Å². The van der Waals surface area contributed by atoms with Crippen LogP contribution in [0.4, 0.5) is 0 Å². The molecule has 0 aliphatic heterocycles. The van der Waals surface area contributed by atoms with Crippen molar-refractivity contribution in [1.82, 2.24) is 14.5 Å². The van der Waals surface area contributed by atoms with E-state index in [9.17, 15) is 9.59 Å². The van der Waals surface area contributed by atoms with Gasteiger partial charge in [0.2, 0.25) is 5.88 Å². The summed E-state index contributed by atoms with van der Waals surface area (Å²) in [5, 5.41) is 0.536. The van der Waals surface area contributed by atoms with Crippen molar-refractivity contribution < 1.29 is 4.74 Å². The van der Waals surface area contributed by atoms with Crippen LogP contribution in [-0.2, 0) is 0 Å². The third-order valence-electron chi connectivity index (χ3n) is 3.08. The zero-order chi connectivity index (χ0) is 15.7. The van der Waals surface area contributed by atoms with Crippen LogP contribution in [0.15, 0.2) is 46.0 Å². The zero-order valence-electron chi connectivity index (χ0n) is 11.7. The lowest BCUT2D eigenvalue weighted by Gasteiger charge is -2.10. The minimum absolute atomic E-state index is 0.317. The minimum Gasteiger partial charge on any atom is -0.478 e. The van der Waals surface area contributed by atoms with Crippen molar-refractivity contribution in [2.24, 2.45) is 0 Å². The van der Waals surface area contributed by atoms with Crippen molar-refractivity contribution in [1.29, 1.82) is 0 Å². The van der Waals surface area contributed by atoms with Gasteiger partial charge in [0, 0.05) is 11.1 Å². The fourth-order valence-corrected chi connectivity index (χ4v) is 2.26. The molecule has 7 heteroatoms. The number of rotatable bonds is 3. The second-order valence-corrected chi connectivity index (χ2v) is 4.96. The molecule has 1 aromatic carbocycles.